The number of rotatable bonds is 3. The Hall–Kier alpha value is -1.11. The summed E-state index contributed by atoms with van der Waals surface area (Å²) in [6, 6.07) is 10.8. The van der Waals surface area contributed by atoms with E-state index in [9.17, 15) is 0 Å². The van der Waals surface area contributed by atoms with Crippen LogP contribution in [0.15, 0.2) is 24.3 Å². The van der Waals surface area contributed by atoms with Crippen molar-refractivity contribution in [1.82, 2.24) is 0 Å². The maximum Gasteiger partial charge on any atom is 0.0995 e. The van der Waals surface area contributed by atoms with Gasteiger partial charge < -0.3 is 5.73 Å². The molecule has 0 bridgehead atoms. The standard InChI is InChI=1S/C12H18N2Si/c1-15(2,3)9-12(14)11-7-5-4-6-10(11)8-13/h4-7,12H,9,14H2,1-3H3. The van der Waals surface area contributed by atoms with Gasteiger partial charge in [-0.15, -0.1) is 0 Å². The van der Waals surface area contributed by atoms with Gasteiger partial charge in [0.15, 0.2) is 0 Å². The van der Waals surface area contributed by atoms with E-state index in [2.05, 4.69) is 25.7 Å². The van der Waals surface area contributed by atoms with Crippen LogP contribution in [0.1, 0.15) is 17.2 Å². The molecule has 0 spiro atoms. The van der Waals surface area contributed by atoms with Crippen LogP contribution < -0.4 is 5.73 Å². The lowest BCUT2D eigenvalue weighted by atomic mass is 10.0. The Kier molecular flexibility index (Phi) is 3.67. The van der Waals surface area contributed by atoms with Crippen LogP contribution in [0.25, 0.3) is 0 Å². The second-order valence-corrected chi connectivity index (χ2v) is 10.6. The highest BCUT2D eigenvalue weighted by atomic mass is 28.3. The third-order valence-electron chi connectivity index (χ3n) is 2.31. The molecule has 15 heavy (non-hydrogen) atoms. The first kappa shape index (κ1) is 12.0. The molecule has 0 aromatic heterocycles. The Bertz CT molecular complexity index is 374. The third-order valence-corrected chi connectivity index (χ3v) is 3.98. The van der Waals surface area contributed by atoms with Crippen molar-refractivity contribution in [2.75, 3.05) is 0 Å². The Balaban J connectivity index is 2.92. The summed E-state index contributed by atoms with van der Waals surface area (Å²) in [4.78, 5) is 0. The molecule has 0 amide bonds. The van der Waals surface area contributed by atoms with Crippen molar-refractivity contribution in [2.45, 2.75) is 31.7 Å². The first-order valence-electron chi connectivity index (χ1n) is 5.18. The molecule has 0 radical (unpaired) electrons. The second kappa shape index (κ2) is 4.60. The molecule has 1 aromatic rings. The van der Waals surface area contributed by atoms with E-state index in [-0.39, 0.29) is 6.04 Å². The number of nitrogens with two attached hydrogens (primary N) is 1. The molecule has 2 nitrogen and oxygen atoms in total. The van der Waals surface area contributed by atoms with Crippen LogP contribution in [0.2, 0.25) is 25.7 Å². The van der Waals surface area contributed by atoms with Gasteiger partial charge >= 0.3 is 0 Å². The lowest BCUT2D eigenvalue weighted by Gasteiger charge is -2.22. The third kappa shape index (κ3) is 3.50. The van der Waals surface area contributed by atoms with Crippen molar-refractivity contribution >= 4 is 8.07 Å². The average molecular weight is 218 g/mol. The van der Waals surface area contributed by atoms with Gasteiger partial charge in [0.1, 0.15) is 0 Å². The lowest BCUT2D eigenvalue weighted by Crippen LogP contribution is -2.27. The van der Waals surface area contributed by atoms with Crippen LogP contribution in [0.4, 0.5) is 0 Å². The van der Waals surface area contributed by atoms with E-state index in [4.69, 9.17) is 11.0 Å². The average Bonchev–Trinajstić information content (AvgIpc) is 2.15. The molecule has 3 heteroatoms. The van der Waals surface area contributed by atoms with Crippen LogP contribution in [0, 0.1) is 11.3 Å². The van der Waals surface area contributed by atoms with Crippen molar-refractivity contribution < 1.29 is 0 Å². The number of nitrogens with zero attached hydrogens (tertiary/aromatic N) is 1. The SMILES string of the molecule is C[Si](C)(C)CC(N)c1ccccc1C#N. The van der Waals surface area contributed by atoms with Gasteiger partial charge in [-0.05, 0) is 17.7 Å². The molecule has 1 unspecified atom stereocenters. The Morgan fingerprint density at radius 2 is 1.93 bits per heavy atom. The van der Waals surface area contributed by atoms with Crippen molar-refractivity contribution in [1.29, 1.82) is 5.26 Å². The van der Waals surface area contributed by atoms with Gasteiger partial charge in [-0.2, -0.15) is 5.26 Å². The number of hydrogen-bond donors (Lipinski definition) is 1. The predicted molar refractivity (Wildman–Crippen MR) is 66.2 cm³/mol. The van der Waals surface area contributed by atoms with Gasteiger partial charge in [-0.3, -0.25) is 0 Å². The van der Waals surface area contributed by atoms with Crippen molar-refractivity contribution in [2.24, 2.45) is 5.73 Å². The summed E-state index contributed by atoms with van der Waals surface area (Å²) < 4.78 is 0. The summed E-state index contributed by atoms with van der Waals surface area (Å²) in [6.45, 7) is 6.88. The van der Waals surface area contributed by atoms with E-state index in [1.807, 2.05) is 24.3 Å². The fourth-order valence-electron chi connectivity index (χ4n) is 1.69. The maximum atomic E-state index is 8.97. The van der Waals surface area contributed by atoms with E-state index < -0.39 is 8.07 Å². The van der Waals surface area contributed by atoms with Crippen LogP contribution >= 0.6 is 0 Å². The summed E-state index contributed by atoms with van der Waals surface area (Å²) in [5.74, 6) is 0. The fourth-order valence-corrected chi connectivity index (χ4v) is 3.23. The van der Waals surface area contributed by atoms with E-state index in [1.165, 1.54) is 0 Å². The molecule has 1 rings (SSSR count). The van der Waals surface area contributed by atoms with E-state index in [0.717, 1.165) is 11.6 Å². The molecule has 1 atom stereocenters. The zero-order chi connectivity index (χ0) is 11.5. The highest BCUT2D eigenvalue weighted by Crippen LogP contribution is 2.24. The Labute approximate surface area is 92.7 Å². The van der Waals surface area contributed by atoms with Crippen molar-refractivity contribution in [3.8, 4) is 6.07 Å². The van der Waals surface area contributed by atoms with E-state index in [0.29, 0.717) is 5.56 Å². The molecule has 1 aromatic carbocycles. The number of benzene rings is 1. The molecule has 0 aliphatic heterocycles. The zero-order valence-electron chi connectivity index (χ0n) is 9.62. The minimum Gasteiger partial charge on any atom is -0.324 e. The number of nitriles is 1. The molecular weight excluding hydrogens is 200 g/mol. The number of hydrogen-bond acceptors (Lipinski definition) is 2. The normalized spacial score (nSPS) is 13.3. The summed E-state index contributed by atoms with van der Waals surface area (Å²) in [5.41, 5.74) is 7.84. The lowest BCUT2D eigenvalue weighted by molar-refractivity contribution is 0.797. The van der Waals surface area contributed by atoms with Gasteiger partial charge in [0.05, 0.1) is 11.6 Å². The quantitative estimate of drug-likeness (QED) is 0.793. The second-order valence-electron chi connectivity index (χ2n) is 5.07. The van der Waals surface area contributed by atoms with Crippen molar-refractivity contribution in [3.63, 3.8) is 0 Å². The fraction of sp³-hybridized carbons (Fsp3) is 0.417. The molecule has 0 aliphatic carbocycles. The largest absolute Gasteiger partial charge is 0.324 e. The van der Waals surface area contributed by atoms with Crippen LogP contribution in [0.3, 0.4) is 0 Å². The molecular formula is C12H18N2Si. The maximum absolute atomic E-state index is 8.97. The topological polar surface area (TPSA) is 49.8 Å². The summed E-state index contributed by atoms with van der Waals surface area (Å²) in [5, 5.41) is 8.97. The van der Waals surface area contributed by atoms with Gasteiger partial charge in [0, 0.05) is 14.1 Å². The van der Waals surface area contributed by atoms with Crippen molar-refractivity contribution in [3.05, 3.63) is 35.4 Å². The molecule has 80 valence electrons. The molecule has 0 aliphatic rings. The van der Waals surface area contributed by atoms with Crippen LogP contribution in [-0.4, -0.2) is 8.07 Å². The van der Waals surface area contributed by atoms with Crippen LogP contribution in [0.5, 0.6) is 0 Å². The molecule has 0 saturated heterocycles. The van der Waals surface area contributed by atoms with Gasteiger partial charge in [0.25, 0.3) is 0 Å². The zero-order valence-corrected chi connectivity index (χ0v) is 10.6. The summed E-state index contributed by atoms with van der Waals surface area (Å²) in [6.07, 6.45) is 0. The van der Waals surface area contributed by atoms with Gasteiger partial charge in [0.2, 0.25) is 0 Å². The Morgan fingerprint density at radius 3 is 2.47 bits per heavy atom. The molecule has 0 fully saturated rings. The van der Waals surface area contributed by atoms with E-state index in [1.54, 1.807) is 0 Å². The minimum absolute atomic E-state index is 0.00696. The summed E-state index contributed by atoms with van der Waals surface area (Å²) >= 11 is 0. The molecule has 2 N–H and O–H groups in total. The summed E-state index contributed by atoms with van der Waals surface area (Å²) in [7, 11) is -1.17. The highest BCUT2D eigenvalue weighted by molar-refractivity contribution is 6.76. The van der Waals surface area contributed by atoms with Gasteiger partial charge in [-0.25, -0.2) is 0 Å². The van der Waals surface area contributed by atoms with E-state index >= 15 is 0 Å². The smallest absolute Gasteiger partial charge is 0.0995 e. The first-order chi connectivity index (χ1) is 6.94. The minimum atomic E-state index is -1.17. The molecule has 0 heterocycles. The molecule has 0 saturated carbocycles. The monoisotopic (exact) mass is 218 g/mol. The predicted octanol–water partition coefficient (Wildman–Crippen LogP) is 2.90. The van der Waals surface area contributed by atoms with Gasteiger partial charge in [-0.1, -0.05) is 37.8 Å². The van der Waals surface area contributed by atoms with Crippen LogP contribution in [-0.2, 0) is 0 Å². The Morgan fingerprint density at radius 1 is 1.33 bits per heavy atom. The first-order valence-corrected chi connectivity index (χ1v) is 8.89. The highest BCUT2D eigenvalue weighted by Gasteiger charge is 2.20.